The molecule has 0 unspecified atom stereocenters. The third-order valence-corrected chi connectivity index (χ3v) is 1.93. The van der Waals surface area contributed by atoms with Gasteiger partial charge < -0.3 is 9.15 Å². The second-order valence-corrected chi connectivity index (χ2v) is 3.09. The number of nitrogens with zero attached hydrogens (tertiary/aromatic N) is 3. The van der Waals surface area contributed by atoms with Gasteiger partial charge in [0.25, 0.3) is 0 Å². The number of aryl methyl sites for hydroxylation is 1. The number of aromatic nitrogens is 3. The van der Waals surface area contributed by atoms with Gasteiger partial charge in [-0.3, -0.25) is 4.98 Å². The molecular formula is C10H9N3O3. The first-order valence-electron chi connectivity index (χ1n) is 4.55. The molecule has 0 N–H and O–H groups in total. The van der Waals surface area contributed by atoms with E-state index in [9.17, 15) is 4.79 Å². The Balaban J connectivity index is 2.35. The lowest BCUT2D eigenvalue weighted by molar-refractivity contribution is 0.0556. The van der Waals surface area contributed by atoms with Gasteiger partial charge in [0.2, 0.25) is 5.89 Å². The van der Waals surface area contributed by atoms with Crippen LogP contribution in [0.2, 0.25) is 0 Å². The summed E-state index contributed by atoms with van der Waals surface area (Å²) >= 11 is 0. The van der Waals surface area contributed by atoms with E-state index in [1.165, 1.54) is 7.11 Å². The fourth-order valence-corrected chi connectivity index (χ4v) is 1.19. The van der Waals surface area contributed by atoms with E-state index in [-0.39, 0.29) is 11.8 Å². The first-order chi connectivity index (χ1) is 7.70. The third kappa shape index (κ3) is 1.90. The highest BCUT2D eigenvalue weighted by Gasteiger charge is 2.15. The summed E-state index contributed by atoms with van der Waals surface area (Å²) in [5.41, 5.74) is 1.55. The van der Waals surface area contributed by atoms with Gasteiger partial charge >= 0.3 is 11.9 Å². The lowest BCUT2D eigenvalue weighted by Crippen LogP contribution is -2.00. The number of esters is 1. The van der Waals surface area contributed by atoms with Gasteiger partial charge in [-0.25, -0.2) is 4.79 Å². The Kier molecular flexibility index (Phi) is 2.63. The number of hydrogen-bond acceptors (Lipinski definition) is 6. The zero-order valence-corrected chi connectivity index (χ0v) is 8.80. The molecule has 0 spiro atoms. The summed E-state index contributed by atoms with van der Waals surface area (Å²) in [5.74, 6) is -0.539. The molecule has 2 rings (SSSR count). The van der Waals surface area contributed by atoms with E-state index >= 15 is 0 Å². The first-order valence-corrected chi connectivity index (χ1v) is 4.55. The maximum atomic E-state index is 11.1. The lowest BCUT2D eigenvalue weighted by atomic mass is 10.2. The van der Waals surface area contributed by atoms with Gasteiger partial charge in [0.05, 0.1) is 7.11 Å². The van der Waals surface area contributed by atoms with Gasteiger partial charge in [-0.2, -0.15) is 0 Å². The quantitative estimate of drug-likeness (QED) is 0.707. The van der Waals surface area contributed by atoms with Gasteiger partial charge in [0.1, 0.15) is 0 Å². The summed E-state index contributed by atoms with van der Waals surface area (Å²) in [6, 6.07) is 3.51. The normalized spacial score (nSPS) is 10.1. The van der Waals surface area contributed by atoms with Crippen molar-refractivity contribution < 1.29 is 13.9 Å². The second-order valence-electron chi connectivity index (χ2n) is 3.09. The van der Waals surface area contributed by atoms with Gasteiger partial charge in [0.15, 0.2) is 0 Å². The number of rotatable bonds is 2. The van der Waals surface area contributed by atoms with Crippen LogP contribution < -0.4 is 0 Å². The first kappa shape index (κ1) is 10.3. The fraction of sp³-hybridized carbons (Fsp3) is 0.200. The van der Waals surface area contributed by atoms with Gasteiger partial charge in [-0.1, -0.05) is 0 Å². The number of methoxy groups -OCH3 is 1. The van der Waals surface area contributed by atoms with Crippen LogP contribution in [0.3, 0.4) is 0 Å². The van der Waals surface area contributed by atoms with Crippen molar-refractivity contribution in [3.8, 4) is 11.5 Å². The molecule has 0 radical (unpaired) electrons. The molecule has 0 aromatic carbocycles. The summed E-state index contributed by atoms with van der Waals surface area (Å²) in [7, 11) is 1.25. The van der Waals surface area contributed by atoms with Crippen molar-refractivity contribution in [2.24, 2.45) is 0 Å². The van der Waals surface area contributed by atoms with Gasteiger partial charge in [-0.15, -0.1) is 10.2 Å². The molecule has 0 aliphatic rings. The van der Waals surface area contributed by atoms with Crippen molar-refractivity contribution in [2.45, 2.75) is 6.92 Å². The molecule has 0 amide bonds. The molecule has 0 bridgehead atoms. The number of hydrogen-bond donors (Lipinski definition) is 0. The molecule has 0 atom stereocenters. The number of ether oxygens (including phenoxy) is 1. The summed E-state index contributed by atoms with van der Waals surface area (Å²) < 4.78 is 9.61. The standard InChI is InChI=1S/C10H9N3O3/c1-6-5-7(3-4-11-6)8-12-13-9(16-8)10(14)15-2/h3-5H,1-2H3. The average Bonchev–Trinajstić information content (AvgIpc) is 2.77. The smallest absolute Gasteiger partial charge is 0.396 e. The molecule has 2 heterocycles. The van der Waals surface area contributed by atoms with Crippen molar-refractivity contribution in [1.82, 2.24) is 15.2 Å². The Labute approximate surface area is 91.3 Å². The topological polar surface area (TPSA) is 78.1 Å². The van der Waals surface area contributed by atoms with E-state index in [1.54, 1.807) is 18.3 Å². The van der Waals surface area contributed by atoms with E-state index in [0.29, 0.717) is 0 Å². The van der Waals surface area contributed by atoms with Crippen LogP contribution in [0.5, 0.6) is 0 Å². The Hall–Kier alpha value is -2.24. The van der Waals surface area contributed by atoms with Crippen molar-refractivity contribution in [3.05, 3.63) is 29.9 Å². The van der Waals surface area contributed by atoms with E-state index in [0.717, 1.165) is 11.3 Å². The monoisotopic (exact) mass is 219 g/mol. The van der Waals surface area contributed by atoms with Crippen LogP contribution in [-0.4, -0.2) is 28.3 Å². The summed E-state index contributed by atoms with van der Waals surface area (Å²) in [6.07, 6.45) is 1.63. The average molecular weight is 219 g/mol. The van der Waals surface area contributed by atoms with Crippen molar-refractivity contribution >= 4 is 5.97 Å². The van der Waals surface area contributed by atoms with Crippen LogP contribution in [0.25, 0.3) is 11.5 Å². The minimum absolute atomic E-state index is 0.160. The van der Waals surface area contributed by atoms with E-state index in [2.05, 4.69) is 19.9 Å². The van der Waals surface area contributed by atoms with Crippen LogP contribution in [0.4, 0.5) is 0 Å². The molecule has 0 aliphatic heterocycles. The van der Waals surface area contributed by atoms with Crippen molar-refractivity contribution in [1.29, 1.82) is 0 Å². The number of carbonyl (C=O) groups is 1. The largest absolute Gasteiger partial charge is 0.462 e. The predicted octanol–water partition coefficient (Wildman–Crippen LogP) is 1.23. The van der Waals surface area contributed by atoms with Crippen LogP contribution >= 0.6 is 0 Å². The zero-order chi connectivity index (χ0) is 11.5. The highest BCUT2D eigenvalue weighted by Crippen LogP contribution is 2.17. The molecule has 2 aromatic rings. The van der Waals surface area contributed by atoms with E-state index in [1.807, 2.05) is 6.92 Å². The Bertz CT molecular complexity index is 522. The maximum absolute atomic E-state index is 11.1. The van der Waals surface area contributed by atoms with Gasteiger partial charge in [0, 0.05) is 17.5 Å². The highest BCUT2D eigenvalue weighted by atomic mass is 16.5. The van der Waals surface area contributed by atoms with Crippen LogP contribution in [0.1, 0.15) is 16.4 Å². The minimum Gasteiger partial charge on any atom is -0.462 e. The zero-order valence-electron chi connectivity index (χ0n) is 8.80. The van der Waals surface area contributed by atoms with Crippen LogP contribution in [-0.2, 0) is 4.74 Å². The molecule has 16 heavy (non-hydrogen) atoms. The molecule has 0 fully saturated rings. The Morgan fingerprint density at radius 1 is 1.44 bits per heavy atom. The van der Waals surface area contributed by atoms with Crippen molar-refractivity contribution in [2.75, 3.05) is 7.11 Å². The maximum Gasteiger partial charge on any atom is 0.396 e. The SMILES string of the molecule is COC(=O)c1nnc(-c2ccnc(C)c2)o1. The Morgan fingerprint density at radius 2 is 2.25 bits per heavy atom. The molecule has 0 aliphatic carbocycles. The van der Waals surface area contributed by atoms with Gasteiger partial charge in [-0.05, 0) is 19.1 Å². The van der Waals surface area contributed by atoms with E-state index in [4.69, 9.17) is 4.42 Å². The predicted molar refractivity (Wildman–Crippen MR) is 53.6 cm³/mol. The molecular weight excluding hydrogens is 210 g/mol. The lowest BCUT2D eigenvalue weighted by Gasteiger charge is -1.95. The van der Waals surface area contributed by atoms with Crippen LogP contribution in [0.15, 0.2) is 22.7 Å². The number of pyridine rings is 1. The van der Waals surface area contributed by atoms with Crippen molar-refractivity contribution in [3.63, 3.8) is 0 Å². The molecule has 2 aromatic heterocycles. The molecule has 0 saturated heterocycles. The highest BCUT2D eigenvalue weighted by molar-refractivity contribution is 5.84. The van der Waals surface area contributed by atoms with Crippen LogP contribution in [0, 0.1) is 6.92 Å². The Morgan fingerprint density at radius 3 is 2.94 bits per heavy atom. The summed E-state index contributed by atoms with van der Waals surface area (Å²) in [5, 5.41) is 7.33. The molecule has 6 heteroatoms. The number of carbonyl (C=O) groups excluding carboxylic acids is 1. The summed E-state index contributed by atoms with van der Waals surface area (Å²) in [4.78, 5) is 15.1. The van der Waals surface area contributed by atoms with E-state index < -0.39 is 5.97 Å². The summed E-state index contributed by atoms with van der Waals surface area (Å²) in [6.45, 7) is 1.85. The minimum atomic E-state index is -0.649. The second kappa shape index (κ2) is 4.09. The molecule has 6 nitrogen and oxygen atoms in total. The molecule has 82 valence electrons. The third-order valence-electron chi connectivity index (χ3n) is 1.93. The fourth-order valence-electron chi connectivity index (χ4n) is 1.19. The molecule has 0 saturated carbocycles.